The third-order valence-electron chi connectivity index (χ3n) is 6.33. The molecule has 1 rings (SSSR count). The van der Waals surface area contributed by atoms with Gasteiger partial charge in [-0.05, 0) is 26.7 Å². The molecule has 0 saturated heterocycles. The zero-order chi connectivity index (χ0) is 21.6. The van der Waals surface area contributed by atoms with E-state index in [4.69, 9.17) is 0 Å². The molecule has 4 heteroatoms. The van der Waals surface area contributed by atoms with E-state index in [2.05, 4.69) is 18.7 Å². The van der Waals surface area contributed by atoms with E-state index in [1.54, 1.807) is 0 Å². The summed E-state index contributed by atoms with van der Waals surface area (Å²) in [6.07, 6.45) is 14.8. The van der Waals surface area contributed by atoms with Gasteiger partial charge >= 0.3 is 0 Å². The second kappa shape index (κ2) is 14.7. The Hall–Kier alpha value is -1.29. The molecule has 0 spiro atoms. The third kappa shape index (κ3) is 8.16. The molecule has 1 N–H and O–H groups in total. The van der Waals surface area contributed by atoms with Gasteiger partial charge in [-0.3, -0.25) is 4.79 Å². The van der Waals surface area contributed by atoms with Crippen LogP contribution in [0, 0.1) is 13.8 Å². The van der Waals surface area contributed by atoms with E-state index in [1.807, 2.05) is 25.5 Å². The Balaban J connectivity index is 2.75. The number of carbonyl (C=O) groups is 1. The lowest BCUT2D eigenvalue weighted by atomic mass is 10.1. The summed E-state index contributed by atoms with van der Waals surface area (Å²) in [6, 6.07) is 0. The first-order valence-electron chi connectivity index (χ1n) is 12.0. The molecule has 1 aromatic heterocycles. The van der Waals surface area contributed by atoms with Crippen LogP contribution in [0.3, 0.4) is 0 Å². The highest BCUT2D eigenvalue weighted by molar-refractivity contribution is 5.97. The number of carbonyl (C=O) groups excluding carboxylic acids is 1. The highest BCUT2D eigenvalue weighted by Gasteiger charge is 2.25. The Morgan fingerprint density at radius 3 is 1.69 bits per heavy atom. The summed E-state index contributed by atoms with van der Waals surface area (Å²) in [7, 11) is 1.98. The minimum absolute atomic E-state index is 0.0730. The predicted octanol–water partition coefficient (Wildman–Crippen LogP) is 6.30. The van der Waals surface area contributed by atoms with Crippen LogP contribution in [0.2, 0.25) is 0 Å². The van der Waals surface area contributed by atoms with Crippen LogP contribution < -0.4 is 0 Å². The number of aromatic nitrogens is 1. The molecule has 0 atom stereocenters. The summed E-state index contributed by atoms with van der Waals surface area (Å²) >= 11 is 0. The number of hydrogen-bond acceptors (Lipinski definition) is 2. The van der Waals surface area contributed by atoms with E-state index in [9.17, 15) is 9.90 Å². The van der Waals surface area contributed by atoms with Crippen LogP contribution in [-0.4, -0.2) is 33.6 Å². The summed E-state index contributed by atoms with van der Waals surface area (Å²) in [4.78, 5) is 15.5. The Morgan fingerprint density at radius 2 is 1.24 bits per heavy atom. The maximum atomic E-state index is 13.4. The second-order valence-electron chi connectivity index (χ2n) is 8.57. The lowest BCUT2D eigenvalue weighted by Crippen LogP contribution is -2.34. The van der Waals surface area contributed by atoms with E-state index in [1.165, 1.54) is 64.2 Å². The van der Waals surface area contributed by atoms with Crippen molar-refractivity contribution in [3.63, 3.8) is 0 Å². The average molecular weight is 407 g/mol. The van der Waals surface area contributed by atoms with Crippen LogP contribution in [0.4, 0.5) is 0 Å². The van der Waals surface area contributed by atoms with Gasteiger partial charge in [0.05, 0.1) is 12.2 Å². The number of rotatable bonds is 16. The first-order chi connectivity index (χ1) is 14.0. The average Bonchev–Trinajstić information content (AvgIpc) is 2.94. The SMILES string of the molecule is CCCCCCCCN(CCCCCCCC)C(=O)c1c(CO)c(C)n(C)c1C. The molecule has 29 heavy (non-hydrogen) atoms. The number of unbranched alkanes of at least 4 members (excludes halogenated alkanes) is 10. The Morgan fingerprint density at radius 1 is 0.793 bits per heavy atom. The van der Waals surface area contributed by atoms with Gasteiger partial charge in [0, 0.05) is 37.1 Å². The van der Waals surface area contributed by atoms with Gasteiger partial charge in [-0.1, -0.05) is 78.1 Å². The van der Waals surface area contributed by atoms with Crippen molar-refractivity contribution in [2.75, 3.05) is 13.1 Å². The minimum atomic E-state index is -0.0730. The Kier molecular flexibility index (Phi) is 13.0. The molecule has 4 nitrogen and oxygen atoms in total. The van der Waals surface area contributed by atoms with Gasteiger partial charge in [0.15, 0.2) is 0 Å². The van der Waals surface area contributed by atoms with Gasteiger partial charge in [0.25, 0.3) is 5.91 Å². The first kappa shape index (κ1) is 25.7. The van der Waals surface area contributed by atoms with E-state index >= 15 is 0 Å². The fourth-order valence-corrected chi connectivity index (χ4v) is 4.14. The number of amides is 1. The molecule has 168 valence electrons. The number of hydrogen-bond donors (Lipinski definition) is 1. The minimum Gasteiger partial charge on any atom is -0.392 e. The van der Waals surface area contributed by atoms with E-state index < -0.39 is 0 Å². The molecule has 0 aromatic carbocycles. The van der Waals surface area contributed by atoms with Crippen LogP contribution in [0.5, 0.6) is 0 Å². The molecule has 0 aliphatic rings. The topological polar surface area (TPSA) is 45.5 Å². The standard InChI is InChI=1S/C25H46N2O2/c1-6-8-10-12-14-16-18-27(19-17-15-13-11-9-7-2)25(29)24-22(4)26(5)21(3)23(24)20-28/h28H,6-20H2,1-5H3. The van der Waals surface area contributed by atoms with Crippen molar-refractivity contribution in [3.05, 3.63) is 22.5 Å². The molecular weight excluding hydrogens is 360 g/mol. The largest absolute Gasteiger partial charge is 0.392 e. The number of nitrogens with zero attached hydrogens (tertiary/aromatic N) is 2. The number of aliphatic hydroxyl groups excluding tert-OH is 1. The van der Waals surface area contributed by atoms with E-state index in [-0.39, 0.29) is 12.5 Å². The molecule has 1 heterocycles. The van der Waals surface area contributed by atoms with Crippen molar-refractivity contribution < 1.29 is 9.90 Å². The lowest BCUT2D eigenvalue weighted by Gasteiger charge is -2.24. The van der Waals surface area contributed by atoms with Crippen LogP contribution in [-0.2, 0) is 13.7 Å². The van der Waals surface area contributed by atoms with Gasteiger partial charge in [-0.25, -0.2) is 0 Å². The van der Waals surface area contributed by atoms with Crippen LogP contribution in [0.25, 0.3) is 0 Å². The molecule has 0 unspecified atom stereocenters. The molecule has 0 saturated carbocycles. The molecule has 0 fully saturated rings. The summed E-state index contributed by atoms with van der Waals surface area (Å²) in [5, 5.41) is 9.88. The van der Waals surface area contributed by atoms with Crippen LogP contribution in [0.1, 0.15) is 118 Å². The Labute approximate surface area is 179 Å². The molecule has 1 amide bonds. The highest BCUT2D eigenvalue weighted by atomic mass is 16.3. The molecular formula is C25H46N2O2. The van der Waals surface area contributed by atoms with Crippen molar-refractivity contribution in [1.82, 2.24) is 9.47 Å². The summed E-state index contributed by atoms with van der Waals surface area (Å²) in [6.45, 7) is 10.1. The zero-order valence-electron chi connectivity index (χ0n) is 19.9. The predicted molar refractivity (Wildman–Crippen MR) is 123 cm³/mol. The molecule has 0 aliphatic carbocycles. The quantitative estimate of drug-likeness (QED) is 0.328. The first-order valence-corrected chi connectivity index (χ1v) is 12.0. The summed E-state index contributed by atoms with van der Waals surface area (Å²) in [5.74, 6) is 0.109. The van der Waals surface area contributed by atoms with E-state index in [0.29, 0.717) is 0 Å². The van der Waals surface area contributed by atoms with Gasteiger partial charge in [-0.2, -0.15) is 0 Å². The summed E-state index contributed by atoms with van der Waals surface area (Å²) < 4.78 is 2.03. The van der Waals surface area contributed by atoms with Crippen molar-refractivity contribution in [1.29, 1.82) is 0 Å². The summed E-state index contributed by atoms with van der Waals surface area (Å²) in [5.41, 5.74) is 3.48. The van der Waals surface area contributed by atoms with E-state index in [0.717, 1.165) is 48.4 Å². The van der Waals surface area contributed by atoms with Crippen molar-refractivity contribution in [3.8, 4) is 0 Å². The maximum Gasteiger partial charge on any atom is 0.256 e. The molecule has 0 bridgehead atoms. The van der Waals surface area contributed by atoms with Crippen molar-refractivity contribution in [2.45, 2.75) is 111 Å². The third-order valence-corrected chi connectivity index (χ3v) is 6.33. The van der Waals surface area contributed by atoms with Crippen LogP contribution >= 0.6 is 0 Å². The molecule has 0 radical (unpaired) electrons. The smallest absolute Gasteiger partial charge is 0.256 e. The fraction of sp³-hybridized carbons (Fsp3) is 0.800. The van der Waals surface area contributed by atoms with Gasteiger partial charge in [0.2, 0.25) is 0 Å². The highest BCUT2D eigenvalue weighted by Crippen LogP contribution is 2.24. The molecule has 1 aromatic rings. The maximum absolute atomic E-state index is 13.4. The van der Waals surface area contributed by atoms with Gasteiger partial charge in [0.1, 0.15) is 0 Å². The van der Waals surface area contributed by atoms with Gasteiger partial charge < -0.3 is 14.6 Å². The van der Waals surface area contributed by atoms with Crippen LogP contribution in [0.15, 0.2) is 0 Å². The van der Waals surface area contributed by atoms with Crippen molar-refractivity contribution in [2.24, 2.45) is 7.05 Å². The van der Waals surface area contributed by atoms with Gasteiger partial charge in [-0.15, -0.1) is 0 Å². The number of aliphatic hydroxyl groups is 1. The fourth-order valence-electron chi connectivity index (χ4n) is 4.14. The monoisotopic (exact) mass is 406 g/mol. The lowest BCUT2D eigenvalue weighted by molar-refractivity contribution is 0.0745. The normalized spacial score (nSPS) is 11.2. The zero-order valence-corrected chi connectivity index (χ0v) is 19.9. The second-order valence-corrected chi connectivity index (χ2v) is 8.57. The van der Waals surface area contributed by atoms with Crippen molar-refractivity contribution >= 4 is 5.91 Å². The molecule has 0 aliphatic heterocycles. The Bertz CT molecular complexity index is 576.